The highest BCUT2D eigenvalue weighted by Crippen LogP contribution is 2.47. The molecule has 2 atom stereocenters. The second-order valence-electron chi connectivity index (χ2n) is 10.7. The van der Waals surface area contributed by atoms with Gasteiger partial charge < -0.3 is 10.1 Å². The molecule has 0 amide bonds. The van der Waals surface area contributed by atoms with Crippen LogP contribution in [0.25, 0.3) is 27.5 Å². The average Bonchev–Trinajstić information content (AvgIpc) is 3.59. The van der Waals surface area contributed by atoms with Crippen LogP contribution in [0.4, 0.5) is 18.9 Å². The molecular weight excluding hydrogens is 559 g/mol. The Morgan fingerprint density at radius 2 is 1.86 bits per heavy atom. The van der Waals surface area contributed by atoms with E-state index in [9.17, 15) is 13.2 Å². The summed E-state index contributed by atoms with van der Waals surface area (Å²) in [4.78, 5) is 4.62. The molecule has 2 N–H and O–H groups in total. The normalized spacial score (nSPS) is 16.8. The minimum atomic E-state index is -4.73. The number of fused-ring (bicyclic) bond motifs is 3. The lowest BCUT2D eigenvalue weighted by molar-refractivity contribution is -0.274. The van der Waals surface area contributed by atoms with Crippen LogP contribution in [0.1, 0.15) is 43.2 Å². The molecule has 4 aromatic carbocycles. The monoisotopic (exact) mass is 587 g/mol. The zero-order chi connectivity index (χ0) is 29.4. The maximum atomic E-state index is 12.5. The molecular formula is C32H28F3N5OS. The van der Waals surface area contributed by atoms with Crippen molar-refractivity contribution >= 4 is 51.0 Å². The van der Waals surface area contributed by atoms with Crippen LogP contribution in [0, 0.1) is 5.92 Å². The van der Waals surface area contributed by atoms with E-state index in [4.69, 9.17) is 12.2 Å². The maximum Gasteiger partial charge on any atom is 0.573 e. The molecule has 0 saturated heterocycles. The number of benzene rings is 4. The van der Waals surface area contributed by atoms with Crippen molar-refractivity contribution in [3.05, 3.63) is 96.3 Å². The second kappa shape index (κ2) is 11.1. The summed E-state index contributed by atoms with van der Waals surface area (Å²) in [6.07, 6.45) is -0.111. The van der Waals surface area contributed by atoms with Crippen LogP contribution in [-0.4, -0.2) is 27.2 Å². The van der Waals surface area contributed by atoms with Crippen LogP contribution in [0.15, 0.2) is 90.3 Å². The molecule has 0 radical (unpaired) electrons. The van der Waals surface area contributed by atoms with Gasteiger partial charge in [-0.2, -0.15) is 5.10 Å². The van der Waals surface area contributed by atoms with Gasteiger partial charge in [0.05, 0.1) is 11.0 Å². The molecule has 2 unspecified atom stereocenters. The Morgan fingerprint density at radius 1 is 1.07 bits per heavy atom. The summed E-state index contributed by atoms with van der Waals surface area (Å²) in [6.45, 7) is 4.29. The molecule has 6 nitrogen and oxygen atoms in total. The number of hydrogen-bond donors (Lipinski definition) is 2. The lowest BCUT2D eigenvalue weighted by Gasteiger charge is -2.14. The van der Waals surface area contributed by atoms with Crippen LogP contribution in [0.3, 0.4) is 0 Å². The molecule has 6 rings (SSSR count). The molecule has 214 valence electrons. The smallest absolute Gasteiger partial charge is 0.406 e. The van der Waals surface area contributed by atoms with Gasteiger partial charge in [0.1, 0.15) is 12.1 Å². The van der Waals surface area contributed by atoms with E-state index in [1.54, 1.807) is 18.5 Å². The average molecular weight is 588 g/mol. The van der Waals surface area contributed by atoms with E-state index in [-0.39, 0.29) is 5.75 Å². The van der Waals surface area contributed by atoms with Gasteiger partial charge in [0, 0.05) is 28.9 Å². The van der Waals surface area contributed by atoms with Crippen LogP contribution < -0.4 is 15.5 Å². The summed E-state index contributed by atoms with van der Waals surface area (Å²) < 4.78 is 43.3. The van der Waals surface area contributed by atoms with Gasteiger partial charge in [-0.25, -0.2) is 4.98 Å². The highest BCUT2D eigenvalue weighted by molar-refractivity contribution is 7.80. The topological polar surface area (TPSA) is 63.5 Å². The zero-order valence-electron chi connectivity index (χ0n) is 22.9. The van der Waals surface area contributed by atoms with Gasteiger partial charge >= 0.3 is 6.36 Å². The van der Waals surface area contributed by atoms with Gasteiger partial charge in [-0.1, -0.05) is 56.3 Å². The lowest BCUT2D eigenvalue weighted by atomic mass is 10.0. The molecule has 10 heteroatoms. The van der Waals surface area contributed by atoms with Crippen molar-refractivity contribution in [2.24, 2.45) is 11.0 Å². The number of para-hydroxylation sites is 1. The number of rotatable bonds is 7. The van der Waals surface area contributed by atoms with Gasteiger partial charge in [0.2, 0.25) is 0 Å². The van der Waals surface area contributed by atoms with Crippen LogP contribution >= 0.6 is 12.2 Å². The Balaban J connectivity index is 1.12. The number of ether oxygens (including phenoxy) is 1. The fraction of sp³-hybridized carbons (Fsp3) is 0.219. The number of nitrogens with zero attached hydrogens (tertiary/aromatic N) is 3. The Labute approximate surface area is 246 Å². The summed E-state index contributed by atoms with van der Waals surface area (Å²) in [6, 6.07) is 24.3. The Kier molecular flexibility index (Phi) is 7.32. The minimum Gasteiger partial charge on any atom is -0.406 e. The minimum absolute atomic E-state index is 0.264. The number of hydrazone groups is 1. The number of halogens is 3. The number of nitrogens with one attached hydrogen (secondary N) is 2. The second-order valence-corrected chi connectivity index (χ2v) is 11.1. The Bertz CT molecular complexity index is 1800. The largest absolute Gasteiger partial charge is 0.573 e. The summed E-state index contributed by atoms with van der Waals surface area (Å²) in [5.74, 6) is 0.824. The number of thiocarbonyl (C=S) groups is 1. The Hall–Kier alpha value is -4.44. The molecule has 42 heavy (non-hydrogen) atoms. The number of imidazole rings is 1. The highest BCUT2D eigenvalue weighted by Gasteiger charge is 2.37. The third-order valence-corrected chi connectivity index (χ3v) is 7.63. The fourth-order valence-electron chi connectivity index (χ4n) is 5.29. The molecule has 0 aliphatic heterocycles. The van der Waals surface area contributed by atoms with Gasteiger partial charge in [0.15, 0.2) is 5.11 Å². The van der Waals surface area contributed by atoms with Crippen LogP contribution in [-0.2, 0) is 0 Å². The number of alkyl halides is 3. The molecule has 1 saturated carbocycles. The third kappa shape index (κ3) is 5.94. The molecule has 0 bridgehead atoms. The van der Waals surface area contributed by atoms with E-state index in [1.807, 2.05) is 41.1 Å². The van der Waals surface area contributed by atoms with Gasteiger partial charge in [-0.05, 0) is 83.4 Å². The van der Waals surface area contributed by atoms with Crippen molar-refractivity contribution in [3.63, 3.8) is 0 Å². The zero-order valence-corrected chi connectivity index (χ0v) is 23.7. The SMILES string of the molecule is CC(C)c1ccccc1NC(=S)NN=CC1CC1c1ccc2c(ccc3c2ncn3-c2ccc(OC(F)(F)F)cc2)c1. The summed E-state index contributed by atoms with van der Waals surface area (Å²) in [5, 5.41) is 10.2. The lowest BCUT2D eigenvalue weighted by Crippen LogP contribution is -2.24. The van der Waals surface area contributed by atoms with Crippen molar-refractivity contribution in [2.75, 3.05) is 5.32 Å². The standard InChI is InChI=1S/C32H28F3N5OS/c1-19(2)25-5-3-4-6-28(25)38-31(42)39-37-17-22-16-27(22)21-7-13-26-20(15-21)8-14-29-30(26)36-18-40(29)23-9-11-24(12-10-23)41-32(33,34)35/h3-15,17-19,22,27H,16H2,1-2H3,(H2,38,39,42). The predicted molar refractivity (Wildman–Crippen MR) is 164 cm³/mol. The number of anilines is 1. The molecule has 1 aliphatic rings. The van der Waals surface area contributed by atoms with E-state index in [0.29, 0.717) is 28.6 Å². The molecule has 1 aliphatic carbocycles. The Morgan fingerprint density at radius 3 is 2.62 bits per heavy atom. The molecule has 1 aromatic heterocycles. The summed E-state index contributed by atoms with van der Waals surface area (Å²) >= 11 is 5.44. The van der Waals surface area contributed by atoms with Crippen molar-refractivity contribution in [2.45, 2.75) is 38.5 Å². The third-order valence-electron chi connectivity index (χ3n) is 7.44. The summed E-state index contributed by atoms with van der Waals surface area (Å²) in [5.41, 5.74) is 8.74. The van der Waals surface area contributed by atoms with Crippen LogP contribution in [0.5, 0.6) is 5.75 Å². The van der Waals surface area contributed by atoms with E-state index < -0.39 is 6.36 Å². The van der Waals surface area contributed by atoms with Crippen molar-refractivity contribution in [1.29, 1.82) is 0 Å². The van der Waals surface area contributed by atoms with Crippen LogP contribution in [0.2, 0.25) is 0 Å². The van der Waals surface area contributed by atoms with E-state index in [1.165, 1.54) is 23.3 Å². The van der Waals surface area contributed by atoms with Crippen molar-refractivity contribution < 1.29 is 17.9 Å². The quantitative estimate of drug-likeness (QED) is 0.114. The first kappa shape index (κ1) is 27.7. The first-order chi connectivity index (χ1) is 20.2. The van der Waals surface area contributed by atoms with Crippen molar-refractivity contribution in [3.8, 4) is 11.4 Å². The van der Waals surface area contributed by atoms with Gasteiger partial charge in [-0.15, -0.1) is 13.2 Å². The first-order valence-electron chi connectivity index (χ1n) is 13.6. The highest BCUT2D eigenvalue weighted by atomic mass is 32.1. The fourth-order valence-corrected chi connectivity index (χ4v) is 5.45. The van der Waals surface area contributed by atoms with Gasteiger partial charge in [0.25, 0.3) is 0 Å². The summed E-state index contributed by atoms with van der Waals surface area (Å²) in [7, 11) is 0. The molecule has 1 fully saturated rings. The maximum absolute atomic E-state index is 12.5. The van der Waals surface area contributed by atoms with Crippen molar-refractivity contribution in [1.82, 2.24) is 15.0 Å². The number of hydrogen-bond acceptors (Lipinski definition) is 4. The molecule has 1 heterocycles. The van der Waals surface area contributed by atoms with E-state index in [2.05, 4.69) is 63.7 Å². The molecule has 5 aromatic rings. The van der Waals surface area contributed by atoms with E-state index in [0.717, 1.165) is 33.9 Å². The number of aromatic nitrogens is 2. The molecule has 0 spiro atoms. The predicted octanol–water partition coefficient (Wildman–Crippen LogP) is 8.28. The van der Waals surface area contributed by atoms with E-state index >= 15 is 0 Å². The van der Waals surface area contributed by atoms with Gasteiger partial charge in [-0.3, -0.25) is 9.99 Å². The first-order valence-corrected chi connectivity index (χ1v) is 14.0.